The number of aliphatic hydroxyl groups excluding tert-OH is 1. The molecule has 1 fully saturated rings. The van der Waals surface area contributed by atoms with Crippen LogP contribution in [0.2, 0.25) is 0 Å². The summed E-state index contributed by atoms with van der Waals surface area (Å²) < 4.78 is 31.5. The molecule has 1 aliphatic rings. The number of benzene rings is 1. The number of ether oxygens (including phenoxy) is 1. The first-order valence-electron chi connectivity index (χ1n) is 10.0. The zero-order valence-electron chi connectivity index (χ0n) is 17.5. The number of aryl methyl sites for hydroxylation is 1. The number of β-amino-alcohol motifs (C(OH)–C–C–N with tert-alkyl or cyclic N) is 1. The van der Waals surface area contributed by atoms with Crippen molar-refractivity contribution in [3.63, 3.8) is 0 Å². The van der Waals surface area contributed by atoms with Crippen LogP contribution in [0.1, 0.15) is 16.8 Å². The minimum Gasteiger partial charge on any atom is -0.420 e. The number of amides is 1. The number of rotatable bonds is 7. The van der Waals surface area contributed by atoms with Crippen LogP contribution in [0.15, 0.2) is 49.1 Å². The molecule has 3 aromatic rings. The van der Waals surface area contributed by atoms with Gasteiger partial charge in [0, 0.05) is 43.6 Å². The molecule has 3 N–H and O–H groups in total. The first-order chi connectivity index (χ1) is 15.7. The van der Waals surface area contributed by atoms with Gasteiger partial charge in [0.2, 0.25) is 0 Å². The summed E-state index contributed by atoms with van der Waals surface area (Å²) in [5.41, 5.74) is -2.59. The van der Waals surface area contributed by atoms with E-state index >= 15 is 0 Å². The van der Waals surface area contributed by atoms with Crippen LogP contribution in [-0.2, 0) is 7.05 Å². The molecule has 33 heavy (non-hydrogen) atoms. The van der Waals surface area contributed by atoms with Crippen LogP contribution in [0.5, 0.6) is 5.75 Å². The fraction of sp³-hybridized carbons (Fsp3) is 0.286. The minimum absolute atomic E-state index is 0.144. The van der Waals surface area contributed by atoms with Crippen molar-refractivity contribution in [2.45, 2.75) is 18.1 Å². The largest absolute Gasteiger partial charge is 0.487 e. The van der Waals surface area contributed by atoms with E-state index in [-0.39, 0.29) is 11.3 Å². The second-order valence-electron chi connectivity index (χ2n) is 7.52. The fourth-order valence-electron chi connectivity index (χ4n) is 3.42. The predicted octanol–water partition coefficient (Wildman–Crippen LogP) is 3.55. The lowest BCUT2D eigenvalue weighted by atomic mass is 10.2. The molecule has 0 aliphatic carbocycles. The quantitative estimate of drug-likeness (QED) is 0.446. The van der Waals surface area contributed by atoms with Crippen LogP contribution >= 0.6 is 11.6 Å². The average molecular weight is 479 g/mol. The number of nitrogens with one attached hydrogen (secondary N) is 2. The van der Waals surface area contributed by atoms with Crippen molar-refractivity contribution in [1.82, 2.24) is 14.5 Å². The maximum absolute atomic E-state index is 12.8. The molecule has 0 bridgehead atoms. The normalized spacial score (nSPS) is 16.0. The van der Waals surface area contributed by atoms with E-state index in [1.54, 1.807) is 23.2 Å². The molecule has 3 heterocycles. The van der Waals surface area contributed by atoms with Crippen molar-refractivity contribution >= 4 is 40.5 Å². The highest BCUT2D eigenvalue weighted by atomic mass is 35.5. The second kappa shape index (κ2) is 9.20. The third-order valence-corrected chi connectivity index (χ3v) is 5.09. The molecular formula is C21H21ClF2N6O3. The Bertz CT molecular complexity index is 1140. The molecule has 1 saturated heterocycles. The lowest BCUT2D eigenvalue weighted by Crippen LogP contribution is -2.24. The Balaban J connectivity index is 1.55. The van der Waals surface area contributed by atoms with Crippen LogP contribution in [0.25, 0.3) is 0 Å². The van der Waals surface area contributed by atoms with E-state index in [0.29, 0.717) is 42.5 Å². The zero-order valence-corrected chi connectivity index (χ0v) is 18.3. The standard InChI is InChI=1S/C21H21ClF2N6O3/c1-29-12-25-10-18(29)28-17-8-13(9-26-19(17)30-7-6-15(31)11-30)20(32)27-14-2-4-16(5-3-14)33-21(22,23)24/h2-5,8-10,12,15,28,31H,6-7,11H2,1H3,(H,27,32). The van der Waals surface area contributed by atoms with Crippen molar-refractivity contribution in [3.8, 4) is 5.75 Å². The number of halogens is 3. The highest BCUT2D eigenvalue weighted by Gasteiger charge is 2.27. The smallest absolute Gasteiger partial charge is 0.420 e. The van der Waals surface area contributed by atoms with Crippen molar-refractivity contribution in [1.29, 1.82) is 0 Å². The number of aromatic nitrogens is 3. The van der Waals surface area contributed by atoms with Gasteiger partial charge < -0.3 is 29.9 Å². The first-order valence-corrected chi connectivity index (χ1v) is 10.4. The summed E-state index contributed by atoms with van der Waals surface area (Å²) in [5, 5.41) is 15.8. The van der Waals surface area contributed by atoms with Crippen LogP contribution in [0.4, 0.5) is 31.8 Å². The van der Waals surface area contributed by atoms with Crippen LogP contribution in [0, 0.1) is 0 Å². The van der Waals surface area contributed by atoms with Crippen molar-refractivity contribution < 1.29 is 23.4 Å². The molecule has 174 valence electrons. The Morgan fingerprint density at radius 3 is 2.67 bits per heavy atom. The summed E-state index contributed by atoms with van der Waals surface area (Å²) in [6.45, 7) is 1.07. The lowest BCUT2D eigenvalue weighted by Gasteiger charge is -2.21. The van der Waals surface area contributed by atoms with Gasteiger partial charge in [-0.3, -0.25) is 4.79 Å². The molecule has 2 aromatic heterocycles. The number of nitrogens with zero attached hydrogens (tertiary/aromatic N) is 4. The topological polar surface area (TPSA) is 105 Å². The summed E-state index contributed by atoms with van der Waals surface area (Å²) in [6.07, 6.45) is 4.91. The molecule has 0 spiro atoms. The minimum atomic E-state index is -3.82. The van der Waals surface area contributed by atoms with E-state index in [1.165, 1.54) is 30.5 Å². The van der Waals surface area contributed by atoms with Gasteiger partial charge in [0.05, 0.1) is 29.9 Å². The maximum Gasteiger partial charge on any atom is 0.487 e. The van der Waals surface area contributed by atoms with E-state index in [4.69, 9.17) is 11.6 Å². The molecule has 1 aromatic carbocycles. The summed E-state index contributed by atoms with van der Waals surface area (Å²) in [6, 6.07) is 7.01. The van der Waals surface area contributed by atoms with Crippen molar-refractivity contribution in [2.24, 2.45) is 7.05 Å². The first kappa shape index (κ1) is 22.7. The Hall–Kier alpha value is -3.44. The number of hydrogen-bond acceptors (Lipinski definition) is 7. The molecule has 4 rings (SSSR count). The highest BCUT2D eigenvalue weighted by Crippen LogP contribution is 2.31. The predicted molar refractivity (Wildman–Crippen MR) is 119 cm³/mol. The van der Waals surface area contributed by atoms with Crippen molar-refractivity contribution in [2.75, 3.05) is 28.6 Å². The molecule has 0 saturated carbocycles. The molecule has 1 aliphatic heterocycles. The van der Waals surface area contributed by atoms with Gasteiger partial charge in [-0.15, -0.1) is 8.78 Å². The third-order valence-electron chi connectivity index (χ3n) is 5.02. The number of carbonyl (C=O) groups is 1. The monoisotopic (exact) mass is 478 g/mol. The average Bonchev–Trinajstić information content (AvgIpc) is 3.36. The molecular weight excluding hydrogens is 458 g/mol. The zero-order chi connectivity index (χ0) is 23.6. The number of carbonyl (C=O) groups excluding carboxylic acids is 1. The Morgan fingerprint density at radius 2 is 2.06 bits per heavy atom. The number of alkyl halides is 3. The van der Waals surface area contributed by atoms with E-state index in [2.05, 4.69) is 25.3 Å². The van der Waals surface area contributed by atoms with Gasteiger partial charge in [-0.1, -0.05) is 0 Å². The van der Waals surface area contributed by atoms with Crippen molar-refractivity contribution in [3.05, 3.63) is 54.6 Å². The highest BCUT2D eigenvalue weighted by molar-refractivity contribution is 6.20. The molecule has 1 amide bonds. The Labute approximate surface area is 193 Å². The maximum atomic E-state index is 12.8. The number of hydrogen-bond donors (Lipinski definition) is 3. The van der Waals surface area contributed by atoms with E-state index < -0.39 is 17.6 Å². The Kier molecular flexibility index (Phi) is 6.34. The van der Waals surface area contributed by atoms with E-state index in [0.717, 1.165) is 0 Å². The molecule has 9 nitrogen and oxygen atoms in total. The number of pyridine rings is 1. The molecule has 12 heteroatoms. The van der Waals surface area contributed by atoms with Gasteiger partial charge in [-0.05, 0) is 36.8 Å². The number of anilines is 4. The van der Waals surface area contributed by atoms with Gasteiger partial charge in [-0.25, -0.2) is 9.97 Å². The number of aliphatic hydroxyl groups is 1. The summed E-state index contributed by atoms with van der Waals surface area (Å²) >= 11 is 4.75. The van der Waals surface area contributed by atoms with Crippen LogP contribution < -0.4 is 20.3 Å². The SMILES string of the molecule is Cn1cncc1Nc1cc(C(=O)Nc2ccc(OC(F)(F)Cl)cc2)cnc1N1CCC(O)C1. The summed E-state index contributed by atoms with van der Waals surface area (Å²) in [4.78, 5) is 23.3. The van der Waals surface area contributed by atoms with E-state index in [9.17, 15) is 18.7 Å². The van der Waals surface area contributed by atoms with Gasteiger partial charge in [0.25, 0.3) is 5.91 Å². The fourth-order valence-corrected chi connectivity index (χ4v) is 3.51. The van der Waals surface area contributed by atoms with Gasteiger partial charge in [0.15, 0.2) is 5.82 Å². The number of imidazole rings is 1. The summed E-state index contributed by atoms with van der Waals surface area (Å²) in [5.74, 6) is 0.712. The van der Waals surface area contributed by atoms with Gasteiger partial charge >= 0.3 is 5.57 Å². The van der Waals surface area contributed by atoms with Gasteiger partial charge in [0.1, 0.15) is 11.6 Å². The molecule has 0 radical (unpaired) electrons. The van der Waals surface area contributed by atoms with Crippen LogP contribution in [0.3, 0.4) is 0 Å². The third kappa shape index (κ3) is 5.68. The Morgan fingerprint density at radius 1 is 1.30 bits per heavy atom. The van der Waals surface area contributed by atoms with Crippen LogP contribution in [-0.4, -0.2) is 50.3 Å². The summed E-state index contributed by atoms with van der Waals surface area (Å²) in [7, 11) is 1.83. The second-order valence-corrected chi connectivity index (χ2v) is 7.96. The molecule has 1 unspecified atom stereocenters. The van der Waals surface area contributed by atoms with E-state index in [1.807, 2.05) is 11.9 Å². The van der Waals surface area contributed by atoms with Gasteiger partial charge in [-0.2, -0.15) is 0 Å². The lowest BCUT2D eigenvalue weighted by molar-refractivity contribution is -0.0964. The molecule has 1 atom stereocenters.